The van der Waals surface area contributed by atoms with E-state index in [1.807, 2.05) is 0 Å². The number of benzene rings is 1. The fraction of sp³-hybridized carbons (Fsp3) is 0.429. The summed E-state index contributed by atoms with van der Waals surface area (Å²) in [4.78, 5) is 24.5. The number of nitrogens with one attached hydrogen (secondary N) is 1. The summed E-state index contributed by atoms with van der Waals surface area (Å²) in [6.07, 6.45) is -0.0555. The molecule has 0 aliphatic carbocycles. The molecule has 1 saturated heterocycles. The molecule has 1 fully saturated rings. The Hall–Kier alpha value is -0.826. The summed E-state index contributed by atoms with van der Waals surface area (Å²) in [6, 6.07) is 6.32. The van der Waals surface area contributed by atoms with Crippen LogP contribution in [0.2, 0.25) is 0 Å². The van der Waals surface area contributed by atoms with Gasteiger partial charge in [-0.1, -0.05) is 0 Å². The van der Waals surface area contributed by atoms with Crippen LogP contribution >= 0.6 is 0 Å². The van der Waals surface area contributed by atoms with Crippen molar-refractivity contribution in [3.8, 4) is 11.3 Å². The van der Waals surface area contributed by atoms with Crippen LogP contribution in [0.1, 0.15) is 55.1 Å². The summed E-state index contributed by atoms with van der Waals surface area (Å²) in [6.45, 7) is 4.64. The Balaban J connectivity index is 2.07. The molecule has 2 aromatic rings. The van der Waals surface area contributed by atoms with E-state index < -0.39 is 6.10 Å². The van der Waals surface area contributed by atoms with Crippen molar-refractivity contribution in [3.63, 3.8) is 0 Å². The molecule has 6 radical (unpaired) electrons. The van der Waals surface area contributed by atoms with Crippen molar-refractivity contribution in [2.45, 2.75) is 57.8 Å². The van der Waals surface area contributed by atoms with Crippen LogP contribution in [0.25, 0.3) is 11.3 Å². The number of amides is 1. The molecule has 0 bridgehead atoms. The molecule has 0 saturated carbocycles. The van der Waals surface area contributed by atoms with Gasteiger partial charge < -0.3 is 0 Å². The minimum atomic E-state index is -0.678. The Kier molecular flexibility index (Phi) is 8.10. The molecule has 1 amide bonds. The molecule has 0 spiro atoms. The second-order valence-corrected chi connectivity index (χ2v) is 10.7. The van der Waals surface area contributed by atoms with Gasteiger partial charge in [0.1, 0.15) is 0 Å². The summed E-state index contributed by atoms with van der Waals surface area (Å²) < 4.78 is 24.9. The SMILES string of the molecule is CC(C)c1c(C(=O)[NH][Pb])[c]([Pb])c(-c2ccc(F)cc2)n1CC[C@@H]1C[C@@H](O)CC(=O)O1. The number of aliphatic hydroxyl groups is 1. The van der Waals surface area contributed by atoms with Gasteiger partial charge in [-0.05, 0) is 0 Å². The number of esters is 1. The molecular formula is C21H23FN2O4Pb2. The first-order valence-electron chi connectivity index (χ1n) is 9.81. The molecule has 2 atom stereocenters. The van der Waals surface area contributed by atoms with Crippen molar-refractivity contribution >= 4 is 66.8 Å². The van der Waals surface area contributed by atoms with Gasteiger partial charge in [0, 0.05) is 0 Å². The Labute approximate surface area is 207 Å². The van der Waals surface area contributed by atoms with Gasteiger partial charge in [0.15, 0.2) is 0 Å². The van der Waals surface area contributed by atoms with Crippen LogP contribution < -0.4 is 6.25 Å². The van der Waals surface area contributed by atoms with Gasteiger partial charge in [0.25, 0.3) is 0 Å². The van der Waals surface area contributed by atoms with Gasteiger partial charge in [0.05, 0.1) is 0 Å². The average Bonchev–Trinajstić information content (AvgIpc) is 2.98. The van der Waals surface area contributed by atoms with Crippen LogP contribution in [0.5, 0.6) is 0 Å². The van der Waals surface area contributed by atoms with E-state index in [0.717, 1.165) is 20.1 Å². The summed E-state index contributed by atoms with van der Waals surface area (Å²) in [5, 5.41) is 9.91. The van der Waals surface area contributed by atoms with Crippen molar-refractivity contribution in [3.05, 3.63) is 41.3 Å². The topological polar surface area (TPSA) is 80.6 Å². The van der Waals surface area contributed by atoms with Gasteiger partial charge >= 0.3 is 209 Å². The second-order valence-electron chi connectivity index (χ2n) is 7.75. The number of ether oxygens (including phenoxy) is 1. The van der Waals surface area contributed by atoms with Gasteiger partial charge in [-0.3, -0.25) is 0 Å². The first-order chi connectivity index (χ1) is 14.2. The van der Waals surface area contributed by atoms with Crippen molar-refractivity contribution in [2.75, 3.05) is 0 Å². The predicted octanol–water partition coefficient (Wildman–Crippen LogP) is 1.48. The van der Waals surface area contributed by atoms with Gasteiger partial charge in [-0.2, -0.15) is 0 Å². The molecule has 9 heteroatoms. The van der Waals surface area contributed by atoms with E-state index in [1.165, 1.54) is 12.1 Å². The third-order valence-electron chi connectivity index (χ3n) is 5.22. The third-order valence-corrected chi connectivity index (χ3v) is 7.99. The number of halogens is 1. The van der Waals surface area contributed by atoms with E-state index in [-0.39, 0.29) is 36.1 Å². The van der Waals surface area contributed by atoms with Crippen LogP contribution in [0.15, 0.2) is 24.3 Å². The molecule has 3 rings (SSSR count). The first kappa shape index (κ1) is 23.8. The number of nitrogens with zero attached hydrogens (tertiary/aromatic N) is 1. The number of rotatable bonds is 6. The van der Waals surface area contributed by atoms with Crippen LogP contribution in [-0.4, -0.2) is 85.6 Å². The van der Waals surface area contributed by atoms with E-state index in [1.54, 1.807) is 12.1 Å². The monoisotopic (exact) mass is 802 g/mol. The molecule has 1 aliphatic heterocycles. The maximum absolute atomic E-state index is 13.5. The molecule has 156 valence electrons. The molecule has 1 aromatic heterocycles. The van der Waals surface area contributed by atoms with Crippen molar-refractivity contribution in [1.82, 2.24) is 7.69 Å². The molecule has 0 unspecified atom stereocenters. The van der Waals surface area contributed by atoms with Crippen LogP contribution in [0, 0.1) is 5.82 Å². The standard InChI is InChI=1S/C21H24FN2O4.2Pb/c1-12(2)20-17(21(23)27)11-18(13-3-5-14(22)6-4-13)24(20)8-7-16-9-15(25)10-19(26)28-16;;/h3-6,12,15-16,25H,7-10H2,1-2H3,(H2,23,27);;/q;;+1/p-1/t15-,16-;;/m1../s1. The summed E-state index contributed by atoms with van der Waals surface area (Å²) in [7, 11) is 0. The Morgan fingerprint density at radius 2 is 2.03 bits per heavy atom. The number of hydrogen-bond donors (Lipinski definition) is 2. The zero-order valence-corrected chi connectivity index (χ0v) is 24.6. The average molecular weight is 801 g/mol. The van der Waals surface area contributed by atoms with Gasteiger partial charge in [-0.25, -0.2) is 0 Å². The number of hydrogen-bond acceptors (Lipinski definition) is 4. The number of cyclic esters (lactones) is 1. The fourth-order valence-corrected chi connectivity index (χ4v) is 6.49. The quantitative estimate of drug-likeness (QED) is 0.343. The zero-order valence-electron chi connectivity index (χ0n) is 16.9. The van der Waals surface area contributed by atoms with Crippen molar-refractivity contribution in [1.29, 1.82) is 0 Å². The Bertz CT molecular complexity index is 943. The molecule has 6 nitrogen and oxygen atoms in total. The van der Waals surface area contributed by atoms with Crippen LogP contribution in [-0.2, 0) is 16.1 Å². The molecule has 2 N–H and O–H groups in total. The Morgan fingerprint density at radius 1 is 1.37 bits per heavy atom. The van der Waals surface area contributed by atoms with Crippen molar-refractivity contribution < 1.29 is 23.8 Å². The fourth-order valence-electron chi connectivity index (χ4n) is 3.98. The van der Waals surface area contributed by atoms with Gasteiger partial charge in [-0.15, -0.1) is 0 Å². The predicted molar refractivity (Wildman–Crippen MR) is 112 cm³/mol. The first-order valence-corrected chi connectivity index (χ1v) is 13.7. The molecular weight excluding hydrogens is 778 g/mol. The number of carbonyl (C=O) groups is 2. The third kappa shape index (κ3) is 5.14. The Morgan fingerprint density at radius 3 is 2.60 bits per heavy atom. The molecule has 30 heavy (non-hydrogen) atoms. The van der Waals surface area contributed by atoms with E-state index in [9.17, 15) is 19.1 Å². The molecule has 1 aliphatic rings. The molecule has 1 aromatic carbocycles. The summed E-state index contributed by atoms with van der Waals surface area (Å²) >= 11 is 1.20. The maximum atomic E-state index is 13.5. The van der Waals surface area contributed by atoms with Crippen LogP contribution in [0.4, 0.5) is 4.39 Å². The number of aromatic nitrogens is 1. The normalized spacial score (nSPS) is 19.1. The van der Waals surface area contributed by atoms with E-state index in [4.69, 9.17) is 4.74 Å². The number of aliphatic hydroxyl groups excluding tert-OH is 1. The molecule has 2 heterocycles. The second kappa shape index (κ2) is 10.2. The minimum absolute atomic E-state index is 0.0352. The van der Waals surface area contributed by atoms with E-state index >= 15 is 0 Å². The van der Waals surface area contributed by atoms with E-state index in [2.05, 4.69) is 21.5 Å². The zero-order chi connectivity index (χ0) is 22.0. The van der Waals surface area contributed by atoms with Crippen LogP contribution in [0.3, 0.4) is 0 Å². The van der Waals surface area contributed by atoms with Gasteiger partial charge in [0.2, 0.25) is 0 Å². The summed E-state index contributed by atoms with van der Waals surface area (Å²) in [5.74, 6) is -0.664. The summed E-state index contributed by atoms with van der Waals surface area (Å²) in [5.41, 5.74) is 3.44. The number of carbonyl (C=O) groups excluding carboxylic acids is 2. The van der Waals surface area contributed by atoms with E-state index in [0.29, 0.717) is 76.8 Å². The van der Waals surface area contributed by atoms with Crippen molar-refractivity contribution in [2.24, 2.45) is 0 Å².